The number of pyridine rings is 2. The highest BCUT2D eigenvalue weighted by atomic mass is 16.1. The van der Waals surface area contributed by atoms with Crippen molar-refractivity contribution in [2.45, 2.75) is 31.7 Å². The maximum atomic E-state index is 12.8. The quantitative estimate of drug-likeness (QED) is 0.425. The van der Waals surface area contributed by atoms with E-state index >= 15 is 0 Å². The maximum absolute atomic E-state index is 12.8. The predicted octanol–water partition coefficient (Wildman–Crippen LogP) is 4.48. The van der Waals surface area contributed by atoms with E-state index in [0.29, 0.717) is 18.0 Å². The number of nitrogens with one attached hydrogen (secondary N) is 3. The van der Waals surface area contributed by atoms with Crippen molar-refractivity contribution in [1.82, 2.24) is 25.2 Å². The summed E-state index contributed by atoms with van der Waals surface area (Å²) in [7, 11) is 1.99. The van der Waals surface area contributed by atoms with Crippen molar-refractivity contribution in [2.75, 3.05) is 18.4 Å². The molecule has 0 radical (unpaired) electrons. The van der Waals surface area contributed by atoms with Crippen molar-refractivity contribution in [2.24, 2.45) is 7.05 Å². The van der Waals surface area contributed by atoms with Crippen LogP contribution in [0.2, 0.25) is 0 Å². The highest BCUT2D eigenvalue weighted by Gasteiger charge is 2.27. The number of amides is 1. The van der Waals surface area contributed by atoms with Crippen LogP contribution in [-0.4, -0.2) is 33.5 Å². The van der Waals surface area contributed by atoms with E-state index in [1.54, 1.807) is 0 Å². The summed E-state index contributed by atoms with van der Waals surface area (Å²) in [5.74, 6) is 1.25. The number of benzene rings is 1. The fourth-order valence-corrected chi connectivity index (χ4v) is 5.31. The molecule has 1 saturated heterocycles. The Labute approximate surface area is 198 Å². The van der Waals surface area contributed by atoms with Gasteiger partial charge in [0.15, 0.2) is 0 Å². The van der Waals surface area contributed by atoms with Crippen molar-refractivity contribution in [3.63, 3.8) is 0 Å². The first kappa shape index (κ1) is 20.9. The first-order chi connectivity index (χ1) is 16.7. The van der Waals surface area contributed by atoms with E-state index in [-0.39, 0.29) is 5.91 Å². The fourth-order valence-electron chi connectivity index (χ4n) is 5.31. The Morgan fingerprint density at radius 1 is 1.03 bits per heavy atom. The summed E-state index contributed by atoms with van der Waals surface area (Å²) in [5.41, 5.74) is 6.85. The van der Waals surface area contributed by atoms with Crippen molar-refractivity contribution in [3.05, 3.63) is 71.7 Å². The van der Waals surface area contributed by atoms with Crippen molar-refractivity contribution in [3.8, 4) is 11.1 Å². The van der Waals surface area contributed by atoms with Crippen LogP contribution in [0.3, 0.4) is 0 Å². The summed E-state index contributed by atoms with van der Waals surface area (Å²) in [6, 6.07) is 12.4. The molecule has 3 aromatic heterocycles. The van der Waals surface area contributed by atoms with Gasteiger partial charge in [-0.2, -0.15) is 0 Å². The lowest BCUT2D eigenvalue weighted by Gasteiger charge is -2.16. The van der Waals surface area contributed by atoms with Crippen LogP contribution in [0.4, 0.5) is 11.5 Å². The lowest BCUT2D eigenvalue weighted by atomic mass is 9.93. The molecule has 2 aliphatic rings. The van der Waals surface area contributed by atoms with Gasteiger partial charge in [0.1, 0.15) is 11.5 Å². The molecule has 34 heavy (non-hydrogen) atoms. The number of aryl methyl sites for hydroxylation is 1. The van der Waals surface area contributed by atoms with Gasteiger partial charge >= 0.3 is 0 Å². The van der Waals surface area contributed by atoms with Crippen LogP contribution >= 0.6 is 0 Å². The Bertz CT molecular complexity index is 1370. The van der Waals surface area contributed by atoms with Gasteiger partial charge < -0.3 is 20.5 Å². The molecule has 1 fully saturated rings. The number of carbonyl (C=O) groups is 1. The summed E-state index contributed by atoms with van der Waals surface area (Å²) in [6.07, 6.45) is 9.37. The first-order valence-corrected chi connectivity index (χ1v) is 12.0. The molecule has 1 aromatic carbocycles. The molecule has 4 aromatic rings. The van der Waals surface area contributed by atoms with E-state index in [1.165, 1.54) is 18.4 Å². The highest BCUT2D eigenvalue weighted by Crippen LogP contribution is 2.37. The van der Waals surface area contributed by atoms with Gasteiger partial charge in [0.2, 0.25) is 0 Å². The minimum atomic E-state index is -0.0553. The Kier molecular flexibility index (Phi) is 5.26. The average Bonchev–Trinajstić information content (AvgIpc) is 3.31. The smallest absolute Gasteiger partial charge is 0.254 e. The van der Waals surface area contributed by atoms with Crippen LogP contribution in [0.25, 0.3) is 22.2 Å². The van der Waals surface area contributed by atoms with Crippen LogP contribution in [0.15, 0.2) is 55.0 Å². The summed E-state index contributed by atoms with van der Waals surface area (Å²) in [4.78, 5) is 22.0. The number of hydrogen-bond donors (Lipinski definition) is 3. The molecule has 5 heterocycles. The second kappa shape index (κ2) is 8.57. The van der Waals surface area contributed by atoms with Crippen LogP contribution in [-0.2, 0) is 13.6 Å². The first-order valence-electron chi connectivity index (χ1n) is 12.0. The minimum absolute atomic E-state index is 0.0553. The van der Waals surface area contributed by atoms with Crippen LogP contribution in [0.5, 0.6) is 0 Å². The number of anilines is 2. The Morgan fingerprint density at radius 2 is 1.97 bits per heavy atom. The van der Waals surface area contributed by atoms with E-state index in [9.17, 15) is 4.79 Å². The van der Waals surface area contributed by atoms with Crippen molar-refractivity contribution in [1.29, 1.82) is 0 Å². The lowest BCUT2D eigenvalue weighted by Crippen LogP contribution is -2.14. The van der Waals surface area contributed by atoms with Gasteiger partial charge in [-0.3, -0.25) is 4.79 Å². The molecule has 172 valence electrons. The van der Waals surface area contributed by atoms with Gasteiger partial charge in [-0.15, -0.1) is 0 Å². The average molecular weight is 453 g/mol. The number of fused-ring (bicyclic) bond motifs is 2. The Balaban J connectivity index is 1.33. The highest BCUT2D eigenvalue weighted by molar-refractivity contribution is 6.07. The van der Waals surface area contributed by atoms with E-state index in [2.05, 4.69) is 44.1 Å². The molecular formula is C27H28N6O. The lowest BCUT2D eigenvalue weighted by molar-refractivity contribution is 0.0966. The molecule has 0 bridgehead atoms. The molecule has 1 atom stereocenters. The molecule has 7 heteroatoms. The van der Waals surface area contributed by atoms with Crippen molar-refractivity contribution >= 4 is 28.4 Å². The second-order valence-corrected chi connectivity index (χ2v) is 9.20. The molecular weight excluding hydrogens is 424 g/mol. The van der Waals surface area contributed by atoms with Gasteiger partial charge in [0, 0.05) is 37.6 Å². The summed E-state index contributed by atoms with van der Waals surface area (Å²) in [5, 5.41) is 11.0. The summed E-state index contributed by atoms with van der Waals surface area (Å²) in [6.45, 7) is 2.67. The Hall–Kier alpha value is -3.71. The zero-order chi connectivity index (χ0) is 23.1. The third-order valence-corrected chi connectivity index (χ3v) is 7.12. The molecule has 2 aliphatic heterocycles. The standard InChI is InChI=1S/C27H28N6O/c1-33-14-10-21-20(9-13-29-26(21)33)19-5-6-23(25-22(19)16-31-27(25)34)32-24-7-4-18(15-30-24)17-3-2-11-28-12-8-17/h4-7,9-10,13-15,17,28H,2-3,8,11-12,16H2,1H3,(H,30,32)(H,31,34). The van der Waals surface area contributed by atoms with Crippen LogP contribution in [0, 0.1) is 0 Å². The van der Waals surface area contributed by atoms with Gasteiger partial charge in [0.05, 0.1) is 11.3 Å². The molecule has 0 aliphatic carbocycles. The minimum Gasteiger partial charge on any atom is -0.348 e. The molecule has 3 N–H and O–H groups in total. The largest absolute Gasteiger partial charge is 0.348 e. The van der Waals surface area contributed by atoms with Crippen LogP contribution in [0.1, 0.15) is 46.7 Å². The molecule has 0 spiro atoms. The molecule has 0 saturated carbocycles. The second-order valence-electron chi connectivity index (χ2n) is 9.20. The number of nitrogens with zero attached hydrogens (tertiary/aromatic N) is 3. The number of hydrogen-bond acceptors (Lipinski definition) is 5. The molecule has 6 rings (SSSR count). The zero-order valence-corrected chi connectivity index (χ0v) is 19.3. The summed E-state index contributed by atoms with van der Waals surface area (Å²) >= 11 is 0. The molecule has 1 unspecified atom stereocenters. The van der Waals surface area contributed by atoms with E-state index in [0.717, 1.165) is 58.7 Å². The monoisotopic (exact) mass is 452 g/mol. The fraction of sp³-hybridized carbons (Fsp3) is 0.296. The predicted molar refractivity (Wildman–Crippen MR) is 134 cm³/mol. The van der Waals surface area contributed by atoms with E-state index < -0.39 is 0 Å². The van der Waals surface area contributed by atoms with E-state index in [4.69, 9.17) is 0 Å². The number of carbonyl (C=O) groups excluding carboxylic acids is 1. The molecule has 1 amide bonds. The third kappa shape index (κ3) is 3.62. The zero-order valence-electron chi connectivity index (χ0n) is 19.3. The third-order valence-electron chi connectivity index (χ3n) is 7.12. The van der Waals surface area contributed by atoms with Gasteiger partial charge in [-0.25, -0.2) is 9.97 Å². The number of aromatic nitrogens is 3. The van der Waals surface area contributed by atoms with Crippen LogP contribution < -0.4 is 16.0 Å². The van der Waals surface area contributed by atoms with Crippen molar-refractivity contribution < 1.29 is 4.79 Å². The summed E-state index contributed by atoms with van der Waals surface area (Å²) < 4.78 is 2.01. The SMILES string of the molecule is Cn1ccc2c(-c3ccc(Nc4ccc(C5CCCNCC5)cn4)c4c3CNC4=O)ccnc21. The van der Waals surface area contributed by atoms with E-state index in [1.807, 2.05) is 48.4 Å². The topological polar surface area (TPSA) is 83.9 Å². The van der Waals surface area contributed by atoms with Gasteiger partial charge in [-0.1, -0.05) is 12.1 Å². The normalized spacial score (nSPS) is 17.9. The molecule has 7 nitrogen and oxygen atoms in total. The number of rotatable bonds is 4. The Morgan fingerprint density at radius 3 is 2.85 bits per heavy atom. The van der Waals surface area contributed by atoms with Gasteiger partial charge in [0.25, 0.3) is 5.91 Å². The maximum Gasteiger partial charge on any atom is 0.254 e. The van der Waals surface area contributed by atoms with Gasteiger partial charge in [-0.05, 0) is 84.8 Å².